The minimum atomic E-state index is -3.13. The van der Waals surface area contributed by atoms with E-state index in [-0.39, 0.29) is 11.9 Å². The highest BCUT2D eigenvalue weighted by molar-refractivity contribution is 7.90. The molecule has 1 rings (SSSR count). The van der Waals surface area contributed by atoms with Crippen molar-refractivity contribution in [2.75, 3.05) is 32.8 Å². The van der Waals surface area contributed by atoms with Gasteiger partial charge in [0, 0.05) is 32.8 Å². The van der Waals surface area contributed by atoms with Gasteiger partial charge in [-0.2, -0.15) is 0 Å². The predicted octanol–water partition coefficient (Wildman–Crippen LogP) is 0.799. The number of hydrogen-bond acceptors (Lipinski definition) is 4. The Hall–Kier alpha value is -0.170. The van der Waals surface area contributed by atoms with Gasteiger partial charge in [-0.25, -0.2) is 13.1 Å². The lowest BCUT2D eigenvalue weighted by atomic mass is 10.1. The topological polar surface area (TPSA) is 69.6 Å². The van der Waals surface area contributed by atoms with Gasteiger partial charge in [0.15, 0.2) is 0 Å². The summed E-state index contributed by atoms with van der Waals surface area (Å²) in [5, 5.41) is 8.40. The number of nitrogens with zero attached hydrogens (tertiary/aromatic N) is 1. The zero-order valence-electron chi connectivity index (χ0n) is 12.1. The van der Waals surface area contributed by atoms with Crippen LogP contribution in [0.4, 0.5) is 0 Å². The second-order valence-corrected chi connectivity index (χ2v) is 7.86. The van der Waals surface area contributed by atoms with Crippen molar-refractivity contribution < 1.29 is 13.5 Å². The first-order chi connectivity index (χ1) is 8.95. The molecule has 0 aromatic carbocycles. The van der Waals surface area contributed by atoms with E-state index in [1.54, 1.807) is 0 Å². The Morgan fingerprint density at radius 1 is 1.21 bits per heavy atom. The number of nitrogens with one attached hydrogen (secondary N) is 1. The number of hydrogen-bond donors (Lipinski definition) is 2. The SMILES string of the molecule is CC(C)CN1CC(S(=O)(=O)NCCCCCCO)C1. The van der Waals surface area contributed by atoms with Crippen molar-refractivity contribution in [2.45, 2.75) is 44.8 Å². The Morgan fingerprint density at radius 2 is 1.84 bits per heavy atom. The maximum Gasteiger partial charge on any atom is 0.217 e. The van der Waals surface area contributed by atoms with Crippen LogP contribution in [0.25, 0.3) is 0 Å². The van der Waals surface area contributed by atoms with Gasteiger partial charge in [-0.05, 0) is 18.8 Å². The van der Waals surface area contributed by atoms with Crippen LogP contribution in [0.3, 0.4) is 0 Å². The van der Waals surface area contributed by atoms with Gasteiger partial charge in [0.1, 0.15) is 5.25 Å². The standard InChI is InChI=1S/C13H28N2O3S/c1-12(2)9-15-10-13(11-15)19(17,18)14-7-5-3-4-6-8-16/h12-14,16H,3-11H2,1-2H3. The summed E-state index contributed by atoms with van der Waals surface area (Å²) >= 11 is 0. The third kappa shape index (κ3) is 6.21. The van der Waals surface area contributed by atoms with Crippen LogP contribution in [0, 0.1) is 5.92 Å². The molecule has 0 aromatic heterocycles. The molecule has 1 fully saturated rings. The van der Waals surface area contributed by atoms with Crippen LogP contribution < -0.4 is 4.72 Å². The summed E-state index contributed by atoms with van der Waals surface area (Å²) in [6.45, 7) is 7.34. The Balaban J connectivity index is 2.12. The molecule has 19 heavy (non-hydrogen) atoms. The van der Waals surface area contributed by atoms with Crippen LogP contribution in [0.2, 0.25) is 0 Å². The minimum Gasteiger partial charge on any atom is -0.396 e. The zero-order valence-corrected chi connectivity index (χ0v) is 13.0. The molecule has 5 nitrogen and oxygen atoms in total. The summed E-state index contributed by atoms with van der Waals surface area (Å²) in [6, 6.07) is 0. The second kappa shape index (κ2) is 8.19. The maximum absolute atomic E-state index is 12.0. The third-order valence-corrected chi connectivity index (χ3v) is 5.16. The lowest BCUT2D eigenvalue weighted by Crippen LogP contribution is -2.58. The Morgan fingerprint density at radius 3 is 2.42 bits per heavy atom. The van der Waals surface area contributed by atoms with E-state index in [9.17, 15) is 8.42 Å². The lowest BCUT2D eigenvalue weighted by Gasteiger charge is -2.39. The molecule has 6 heteroatoms. The van der Waals surface area contributed by atoms with Crippen LogP contribution in [0.15, 0.2) is 0 Å². The quantitative estimate of drug-likeness (QED) is 0.584. The summed E-state index contributed by atoms with van der Waals surface area (Å²) in [7, 11) is -3.13. The van der Waals surface area contributed by atoms with E-state index in [4.69, 9.17) is 5.11 Å². The number of aliphatic hydroxyl groups is 1. The molecule has 0 saturated carbocycles. The fraction of sp³-hybridized carbons (Fsp3) is 1.00. The van der Waals surface area contributed by atoms with Gasteiger partial charge in [-0.15, -0.1) is 0 Å². The molecule has 1 aliphatic rings. The predicted molar refractivity (Wildman–Crippen MR) is 77.5 cm³/mol. The van der Waals surface area contributed by atoms with Crippen molar-refractivity contribution in [3.63, 3.8) is 0 Å². The molecule has 0 bridgehead atoms. The highest BCUT2D eigenvalue weighted by atomic mass is 32.2. The molecule has 0 unspecified atom stereocenters. The molecular formula is C13H28N2O3S. The number of unbranched alkanes of at least 4 members (excludes halogenated alkanes) is 3. The molecule has 1 saturated heterocycles. The van der Waals surface area contributed by atoms with Gasteiger partial charge in [0.2, 0.25) is 10.0 Å². The average Bonchev–Trinajstić information content (AvgIpc) is 2.27. The number of rotatable bonds is 10. The van der Waals surface area contributed by atoms with Crippen LogP contribution in [-0.4, -0.2) is 56.5 Å². The van der Waals surface area contributed by atoms with Gasteiger partial charge in [-0.1, -0.05) is 26.7 Å². The molecule has 2 N–H and O–H groups in total. The number of likely N-dealkylation sites (tertiary alicyclic amines) is 1. The summed E-state index contributed by atoms with van der Waals surface area (Å²) in [4.78, 5) is 2.19. The highest BCUT2D eigenvalue weighted by Gasteiger charge is 2.36. The third-order valence-electron chi connectivity index (χ3n) is 3.37. The van der Waals surface area contributed by atoms with Gasteiger partial charge >= 0.3 is 0 Å². The fourth-order valence-electron chi connectivity index (χ4n) is 2.31. The zero-order chi connectivity index (χ0) is 14.3. The van der Waals surface area contributed by atoms with E-state index in [1.807, 2.05) is 0 Å². The van der Waals surface area contributed by atoms with Crippen molar-refractivity contribution in [2.24, 2.45) is 5.92 Å². The van der Waals surface area contributed by atoms with Gasteiger partial charge in [0.25, 0.3) is 0 Å². The smallest absolute Gasteiger partial charge is 0.217 e. The van der Waals surface area contributed by atoms with Crippen molar-refractivity contribution >= 4 is 10.0 Å². The molecular weight excluding hydrogens is 264 g/mol. The van der Waals surface area contributed by atoms with Crippen LogP contribution in [0.1, 0.15) is 39.5 Å². The van der Waals surface area contributed by atoms with E-state index in [0.717, 1.165) is 32.2 Å². The molecule has 0 aliphatic carbocycles. The van der Waals surface area contributed by atoms with Crippen LogP contribution >= 0.6 is 0 Å². The highest BCUT2D eigenvalue weighted by Crippen LogP contribution is 2.16. The molecule has 1 heterocycles. The average molecular weight is 292 g/mol. The normalized spacial score (nSPS) is 17.9. The fourth-order valence-corrected chi connectivity index (χ4v) is 3.79. The van der Waals surface area contributed by atoms with Crippen molar-refractivity contribution in [3.05, 3.63) is 0 Å². The van der Waals surface area contributed by atoms with Gasteiger partial charge < -0.3 is 10.0 Å². The summed E-state index contributed by atoms with van der Waals surface area (Å²) in [5.74, 6) is 0.586. The molecule has 0 spiro atoms. The Labute approximate surface area is 117 Å². The molecule has 0 aromatic rings. The molecule has 1 aliphatic heterocycles. The Bertz CT molecular complexity index is 338. The second-order valence-electron chi connectivity index (χ2n) is 5.81. The van der Waals surface area contributed by atoms with Crippen molar-refractivity contribution in [1.82, 2.24) is 9.62 Å². The summed E-state index contributed by atoms with van der Waals surface area (Å²) in [6.07, 6.45) is 3.58. The van der Waals surface area contributed by atoms with Gasteiger partial charge in [-0.3, -0.25) is 0 Å². The van der Waals surface area contributed by atoms with Crippen LogP contribution in [-0.2, 0) is 10.0 Å². The summed E-state index contributed by atoms with van der Waals surface area (Å²) in [5.41, 5.74) is 0. The molecule has 0 radical (unpaired) electrons. The first kappa shape index (κ1) is 16.9. The van der Waals surface area contributed by atoms with E-state index in [1.165, 1.54) is 0 Å². The lowest BCUT2D eigenvalue weighted by molar-refractivity contribution is 0.164. The van der Waals surface area contributed by atoms with Crippen molar-refractivity contribution in [3.8, 4) is 0 Å². The molecule has 0 atom stereocenters. The largest absolute Gasteiger partial charge is 0.396 e. The maximum atomic E-state index is 12.0. The van der Waals surface area contributed by atoms with Gasteiger partial charge in [0.05, 0.1) is 0 Å². The van der Waals surface area contributed by atoms with Crippen molar-refractivity contribution in [1.29, 1.82) is 0 Å². The molecule has 114 valence electrons. The van der Waals surface area contributed by atoms with E-state index in [2.05, 4.69) is 23.5 Å². The van der Waals surface area contributed by atoms with E-state index >= 15 is 0 Å². The Kier molecular flexibility index (Phi) is 7.28. The first-order valence-electron chi connectivity index (χ1n) is 7.27. The first-order valence-corrected chi connectivity index (χ1v) is 8.82. The minimum absolute atomic E-state index is 0.222. The number of aliphatic hydroxyl groups excluding tert-OH is 1. The van der Waals surface area contributed by atoms with E-state index in [0.29, 0.717) is 25.6 Å². The summed E-state index contributed by atoms with van der Waals surface area (Å²) < 4.78 is 26.6. The van der Waals surface area contributed by atoms with Crippen LogP contribution in [0.5, 0.6) is 0 Å². The molecule has 0 amide bonds. The monoisotopic (exact) mass is 292 g/mol. The van der Waals surface area contributed by atoms with E-state index < -0.39 is 10.0 Å². The number of sulfonamides is 1.